The Kier molecular flexibility index (Phi) is 3.16. The van der Waals surface area contributed by atoms with Gasteiger partial charge in [-0.3, -0.25) is 0 Å². The fourth-order valence-electron chi connectivity index (χ4n) is 2.58. The molecule has 1 fully saturated rings. The van der Waals surface area contributed by atoms with Crippen LogP contribution in [0.2, 0.25) is 0 Å². The Morgan fingerprint density at radius 2 is 2.22 bits per heavy atom. The van der Waals surface area contributed by atoms with Gasteiger partial charge in [0.1, 0.15) is 11.5 Å². The molecule has 0 radical (unpaired) electrons. The molecule has 1 aromatic carbocycles. The highest BCUT2D eigenvalue weighted by atomic mass is 16.5. The number of rotatable bonds is 4. The summed E-state index contributed by atoms with van der Waals surface area (Å²) in [6.07, 6.45) is 3.95. The Hall–Kier alpha value is -1.22. The SMILES string of the molecule is CCOc1ccc2c(c1)C(NC1CC1)CC(C)O2. The molecule has 1 saturated carbocycles. The highest BCUT2D eigenvalue weighted by Crippen LogP contribution is 2.38. The molecule has 0 amide bonds. The lowest BCUT2D eigenvalue weighted by Gasteiger charge is -2.31. The van der Waals surface area contributed by atoms with Crippen molar-refractivity contribution in [2.75, 3.05) is 6.61 Å². The number of fused-ring (bicyclic) bond motifs is 1. The van der Waals surface area contributed by atoms with E-state index in [1.165, 1.54) is 18.4 Å². The van der Waals surface area contributed by atoms with E-state index >= 15 is 0 Å². The van der Waals surface area contributed by atoms with Gasteiger partial charge in [0.15, 0.2) is 0 Å². The zero-order valence-electron chi connectivity index (χ0n) is 11.1. The third-order valence-electron chi connectivity index (χ3n) is 3.58. The summed E-state index contributed by atoms with van der Waals surface area (Å²) in [6.45, 7) is 4.86. The molecule has 3 nitrogen and oxygen atoms in total. The van der Waals surface area contributed by atoms with Crippen LogP contribution in [0.1, 0.15) is 44.7 Å². The van der Waals surface area contributed by atoms with E-state index in [9.17, 15) is 0 Å². The van der Waals surface area contributed by atoms with Gasteiger partial charge in [0.25, 0.3) is 0 Å². The molecule has 2 atom stereocenters. The van der Waals surface area contributed by atoms with Crippen LogP contribution in [0.25, 0.3) is 0 Å². The summed E-state index contributed by atoms with van der Waals surface area (Å²) < 4.78 is 11.5. The van der Waals surface area contributed by atoms with Crippen LogP contribution in [0.3, 0.4) is 0 Å². The first kappa shape index (κ1) is 11.8. The lowest BCUT2D eigenvalue weighted by atomic mass is 9.96. The first-order valence-electron chi connectivity index (χ1n) is 6.95. The molecule has 1 aliphatic heterocycles. The van der Waals surface area contributed by atoms with E-state index in [2.05, 4.69) is 18.3 Å². The van der Waals surface area contributed by atoms with Gasteiger partial charge in [-0.2, -0.15) is 0 Å². The molecule has 18 heavy (non-hydrogen) atoms. The number of ether oxygens (including phenoxy) is 2. The first-order chi connectivity index (χ1) is 8.76. The topological polar surface area (TPSA) is 30.5 Å². The van der Waals surface area contributed by atoms with Crippen LogP contribution < -0.4 is 14.8 Å². The lowest BCUT2D eigenvalue weighted by molar-refractivity contribution is 0.165. The maximum atomic E-state index is 5.90. The monoisotopic (exact) mass is 247 g/mol. The van der Waals surface area contributed by atoms with Gasteiger partial charge in [-0.1, -0.05) is 0 Å². The van der Waals surface area contributed by atoms with Gasteiger partial charge in [-0.15, -0.1) is 0 Å². The first-order valence-corrected chi connectivity index (χ1v) is 6.95. The number of hydrogen-bond acceptors (Lipinski definition) is 3. The second kappa shape index (κ2) is 4.81. The van der Waals surface area contributed by atoms with Gasteiger partial charge >= 0.3 is 0 Å². The zero-order valence-corrected chi connectivity index (χ0v) is 11.1. The summed E-state index contributed by atoms with van der Waals surface area (Å²) in [5, 5.41) is 3.71. The summed E-state index contributed by atoms with van der Waals surface area (Å²) in [5.41, 5.74) is 1.26. The maximum absolute atomic E-state index is 5.90. The van der Waals surface area contributed by atoms with Gasteiger partial charge < -0.3 is 14.8 Å². The Balaban J connectivity index is 1.86. The van der Waals surface area contributed by atoms with Gasteiger partial charge in [0, 0.05) is 24.1 Å². The molecular weight excluding hydrogens is 226 g/mol. The van der Waals surface area contributed by atoms with Crippen molar-refractivity contribution >= 4 is 0 Å². The maximum Gasteiger partial charge on any atom is 0.124 e. The van der Waals surface area contributed by atoms with Crippen LogP contribution >= 0.6 is 0 Å². The van der Waals surface area contributed by atoms with Crippen LogP contribution in [0, 0.1) is 0 Å². The third-order valence-corrected chi connectivity index (χ3v) is 3.58. The molecule has 98 valence electrons. The summed E-state index contributed by atoms with van der Waals surface area (Å²) in [7, 11) is 0. The molecule has 3 rings (SSSR count). The molecule has 1 heterocycles. The van der Waals surface area contributed by atoms with Crippen LogP contribution in [-0.4, -0.2) is 18.8 Å². The Morgan fingerprint density at radius 3 is 2.94 bits per heavy atom. The van der Waals surface area contributed by atoms with Gasteiger partial charge in [0.2, 0.25) is 0 Å². The summed E-state index contributed by atoms with van der Waals surface area (Å²) in [6, 6.07) is 7.29. The molecule has 1 N–H and O–H groups in total. The number of nitrogens with one attached hydrogen (secondary N) is 1. The standard InChI is InChI=1S/C15H21NO2/c1-3-17-12-6-7-15-13(9-12)14(8-10(2)18-15)16-11-4-5-11/h6-7,9-11,14,16H,3-5,8H2,1-2H3. The predicted molar refractivity (Wildman–Crippen MR) is 71.2 cm³/mol. The van der Waals surface area contributed by atoms with Crippen LogP contribution in [0.15, 0.2) is 18.2 Å². The fourth-order valence-corrected chi connectivity index (χ4v) is 2.58. The molecule has 1 aliphatic carbocycles. The number of benzene rings is 1. The average molecular weight is 247 g/mol. The largest absolute Gasteiger partial charge is 0.494 e. The van der Waals surface area contributed by atoms with Crippen LogP contribution in [-0.2, 0) is 0 Å². The Bertz CT molecular complexity index is 429. The summed E-state index contributed by atoms with van der Waals surface area (Å²) in [5.74, 6) is 1.95. The van der Waals surface area contributed by atoms with E-state index in [-0.39, 0.29) is 6.10 Å². The second-order valence-corrected chi connectivity index (χ2v) is 5.29. The van der Waals surface area contributed by atoms with E-state index < -0.39 is 0 Å². The molecule has 1 aromatic rings. The molecule has 0 spiro atoms. The second-order valence-electron chi connectivity index (χ2n) is 5.29. The van der Waals surface area contributed by atoms with Crippen LogP contribution in [0.4, 0.5) is 0 Å². The van der Waals surface area contributed by atoms with E-state index in [1.54, 1.807) is 0 Å². The normalized spacial score (nSPS) is 26.3. The molecule has 0 aromatic heterocycles. The minimum absolute atomic E-state index is 0.284. The highest BCUT2D eigenvalue weighted by Gasteiger charge is 2.31. The molecule has 0 bridgehead atoms. The molecule has 0 saturated heterocycles. The van der Waals surface area contributed by atoms with Crippen molar-refractivity contribution in [2.24, 2.45) is 0 Å². The Morgan fingerprint density at radius 1 is 1.39 bits per heavy atom. The smallest absolute Gasteiger partial charge is 0.124 e. The van der Waals surface area contributed by atoms with E-state index in [0.717, 1.165) is 17.9 Å². The van der Waals surface area contributed by atoms with Crippen molar-refractivity contribution in [1.82, 2.24) is 5.32 Å². The Labute approximate surface area is 108 Å². The van der Waals surface area contributed by atoms with Crippen molar-refractivity contribution in [2.45, 2.75) is 51.3 Å². The molecule has 3 heteroatoms. The van der Waals surface area contributed by atoms with Gasteiger partial charge in [-0.25, -0.2) is 0 Å². The fraction of sp³-hybridized carbons (Fsp3) is 0.600. The number of hydrogen-bond donors (Lipinski definition) is 1. The molecule has 2 aliphatic rings. The summed E-state index contributed by atoms with van der Waals surface area (Å²) >= 11 is 0. The van der Waals surface area contributed by atoms with Crippen molar-refractivity contribution in [3.8, 4) is 11.5 Å². The minimum Gasteiger partial charge on any atom is -0.494 e. The van der Waals surface area contributed by atoms with E-state index in [1.807, 2.05) is 19.1 Å². The lowest BCUT2D eigenvalue weighted by Crippen LogP contribution is -2.32. The molecular formula is C15H21NO2. The predicted octanol–water partition coefficient (Wildman–Crippen LogP) is 3.05. The van der Waals surface area contributed by atoms with Crippen molar-refractivity contribution in [3.05, 3.63) is 23.8 Å². The quantitative estimate of drug-likeness (QED) is 0.887. The zero-order chi connectivity index (χ0) is 12.5. The van der Waals surface area contributed by atoms with Crippen molar-refractivity contribution in [3.63, 3.8) is 0 Å². The van der Waals surface area contributed by atoms with Gasteiger partial charge in [0.05, 0.1) is 12.7 Å². The molecule has 2 unspecified atom stereocenters. The summed E-state index contributed by atoms with van der Waals surface area (Å²) in [4.78, 5) is 0. The third kappa shape index (κ3) is 2.46. The van der Waals surface area contributed by atoms with Crippen LogP contribution in [0.5, 0.6) is 11.5 Å². The van der Waals surface area contributed by atoms with E-state index in [4.69, 9.17) is 9.47 Å². The highest BCUT2D eigenvalue weighted by molar-refractivity contribution is 5.43. The van der Waals surface area contributed by atoms with Gasteiger partial charge in [-0.05, 0) is 44.9 Å². The van der Waals surface area contributed by atoms with Crippen molar-refractivity contribution in [1.29, 1.82) is 0 Å². The minimum atomic E-state index is 0.284. The van der Waals surface area contributed by atoms with Crippen molar-refractivity contribution < 1.29 is 9.47 Å². The average Bonchev–Trinajstić information content (AvgIpc) is 3.14. The van der Waals surface area contributed by atoms with E-state index in [0.29, 0.717) is 18.7 Å².